The highest BCUT2D eigenvalue weighted by molar-refractivity contribution is 7.93. The minimum atomic E-state index is -3.42. The Hall–Kier alpha value is -1.56. The Balaban J connectivity index is 2.14. The van der Waals surface area contributed by atoms with E-state index in [1.807, 2.05) is 0 Å². The number of nitrogen functional groups attached to an aromatic ring is 1. The lowest BCUT2D eigenvalue weighted by atomic mass is 10.1. The summed E-state index contributed by atoms with van der Waals surface area (Å²) in [5.41, 5.74) is 7.67. The Morgan fingerprint density at radius 1 is 1.33 bits per heavy atom. The number of nitrogens with two attached hydrogens (primary N) is 1. The van der Waals surface area contributed by atoms with Crippen LogP contribution in [0.4, 0.5) is 11.4 Å². The third-order valence-corrected chi connectivity index (χ3v) is 6.86. The van der Waals surface area contributed by atoms with Crippen molar-refractivity contribution in [1.29, 1.82) is 0 Å². The number of rotatable bonds is 4. The van der Waals surface area contributed by atoms with E-state index < -0.39 is 21.0 Å². The number of amides is 1. The first-order valence-corrected chi connectivity index (χ1v) is 8.83. The van der Waals surface area contributed by atoms with Crippen molar-refractivity contribution in [3.8, 4) is 0 Å². The van der Waals surface area contributed by atoms with Crippen LogP contribution in [0, 0.1) is 6.92 Å². The summed E-state index contributed by atoms with van der Waals surface area (Å²) in [7, 11) is -3.42. The molecule has 0 radical (unpaired) electrons. The van der Waals surface area contributed by atoms with Crippen LogP contribution in [0.25, 0.3) is 0 Å². The van der Waals surface area contributed by atoms with Crippen molar-refractivity contribution in [3.05, 3.63) is 23.8 Å². The molecule has 1 atom stereocenters. The lowest BCUT2D eigenvalue weighted by Gasteiger charge is -2.18. The Bertz CT molecular complexity index is 634. The van der Waals surface area contributed by atoms with E-state index in [0.29, 0.717) is 24.2 Å². The quantitative estimate of drug-likeness (QED) is 0.835. The van der Waals surface area contributed by atoms with Crippen molar-refractivity contribution in [2.24, 2.45) is 0 Å². The zero-order valence-electron chi connectivity index (χ0n) is 12.4. The van der Waals surface area contributed by atoms with Gasteiger partial charge in [0, 0.05) is 11.4 Å². The zero-order chi connectivity index (χ0) is 15.6. The summed E-state index contributed by atoms with van der Waals surface area (Å²) in [6, 6.07) is 5.19. The van der Waals surface area contributed by atoms with Crippen LogP contribution in [0.5, 0.6) is 0 Å². The molecule has 116 valence electrons. The number of nitrogens with one attached hydrogen (secondary N) is 1. The Kier molecular flexibility index (Phi) is 4.56. The molecule has 1 aliphatic rings. The minimum absolute atomic E-state index is 0.375. The molecule has 0 spiro atoms. The minimum Gasteiger partial charge on any atom is -0.398 e. The summed E-state index contributed by atoms with van der Waals surface area (Å²) >= 11 is 0. The molecule has 1 unspecified atom stereocenters. The topological polar surface area (TPSA) is 89.3 Å². The molecule has 6 heteroatoms. The van der Waals surface area contributed by atoms with Gasteiger partial charge in [-0.2, -0.15) is 0 Å². The van der Waals surface area contributed by atoms with Crippen molar-refractivity contribution in [3.63, 3.8) is 0 Å². The van der Waals surface area contributed by atoms with Crippen molar-refractivity contribution in [1.82, 2.24) is 0 Å². The number of carbonyl (C=O) groups excluding carboxylic acids is 1. The first-order chi connectivity index (χ1) is 9.84. The molecule has 0 heterocycles. The average Bonchev–Trinajstić information content (AvgIpc) is 2.97. The van der Waals surface area contributed by atoms with E-state index in [1.54, 1.807) is 25.1 Å². The standard InChI is InChI=1S/C15H22N2O3S/c1-10-13(16)8-5-9-14(10)17-15(18)11(2)21(19,20)12-6-3-4-7-12/h5,8-9,11-12H,3-4,6-7,16H2,1-2H3,(H,17,18). The normalized spacial score (nSPS) is 17.6. The van der Waals surface area contributed by atoms with Gasteiger partial charge >= 0.3 is 0 Å². The number of carbonyl (C=O) groups is 1. The molecule has 1 aromatic rings. The molecular formula is C15H22N2O3S. The van der Waals surface area contributed by atoms with Crippen LogP contribution in [-0.4, -0.2) is 24.8 Å². The fourth-order valence-corrected chi connectivity index (χ4v) is 4.60. The lowest BCUT2D eigenvalue weighted by molar-refractivity contribution is -0.115. The summed E-state index contributed by atoms with van der Waals surface area (Å²) < 4.78 is 24.9. The molecule has 1 saturated carbocycles. The van der Waals surface area contributed by atoms with E-state index in [0.717, 1.165) is 18.4 Å². The van der Waals surface area contributed by atoms with Crippen molar-refractivity contribution >= 4 is 27.1 Å². The molecule has 3 N–H and O–H groups in total. The predicted octanol–water partition coefficient (Wildman–Crippen LogP) is 2.26. The highest BCUT2D eigenvalue weighted by Gasteiger charge is 2.37. The molecule has 0 aromatic heterocycles. The fraction of sp³-hybridized carbons (Fsp3) is 0.533. The van der Waals surface area contributed by atoms with Gasteiger partial charge in [-0.25, -0.2) is 8.42 Å². The summed E-state index contributed by atoms with van der Waals surface area (Å²) in [5.74, 6) is -0.490. The highest BCUT2D eigenvalue weighted by atomic mass is 32.2. The van der Waals surface area contributed by atoms with E-state index >= 15 is 0 Å². The maximum atomic E-state index is 12.4. The number of anilines is 2. The second-order valence-corrected chi connectivity index (χ2v) is 8.20. The van der Waals surface area contributed by atoms with Gasteiger partial charge in [0.15, 0.2) is 9.84 Å². The molecule has 0 saturated heterocycles. The molecular weight excluding hydrogens is 288 g/mol. The van der Waals surface area contributed by atoms with E-state index in [1.165, 1.54) is 6.92 Å². The fourth-order valence-electron chi connectivity index (χ4n) is 2.68. The van der Waals surface area contributed by atoms with Crippen LogP contribution in [0.2, 0.25) is 0 Å². The van der Waals surface area contributed by atoms with Crippen molar-refractivity contribution in [2.75, 3.05) is 11.1 Å². The second kappa shape index (κ2) is 6.05. The van der Waals surface area contributed by atoms with E-state index in [9.17, 15) is 13.2 Å². The molecule has 1 aliphatic carbocycles. The molecule has 1 aromatic carbocycles. The van der Waals surface area contributed by atoms with Crippen molar-refractivity contribution < 1.29 is 13.2 Å². The highest BCUT2D eigenvalue weighted by Crippen LogP contribution is 2.28. The maximum Gasteiger partial charge on any atom is 0.242 e. The van der Waals surface area contributed by atoms with Gasteiger partial charge in [-0.05, 0) is 44.4 Å². The molecule has 5 nitrogen and oxygen atoms in total. The van der Waals surface area contributed by atoms with Gasteiger partial charge in [0.1, 0.15) is 5.25 Å². The summed E-state index contributed by atoms with van der Waals surface area (Å²) in [4.78, 5) is 12.2. The Morgan fingerprint density at radius 2 is 1.95 bits per heavy atom. The van der Waals surface area contributed by atoms with Gasteiger partial charge in [0.25, 0.3) is 0 Å². The van der Waals surface area contributed by atoms with Gasteiger partial charge in [0.05, 0.1) is 5.25 Å². The Morgan fingerprint density at radius 3 is 2.57 bits per heavy atom. The third-order valence-electron chi connectivity index (χ3n) is 4.26. The van der Waals surface area contributed by atoms with Gasteiger partial charge in [-0.15, -0.1) is 0 Å². The van der Waals surface area contributed by atoms with Crippen LogP contribution in [0.1, 0.15) is 38.2 Å². The number of hydrogen-bond donors (Lipinski definition) is 2. The predicted molar refractivity (Wildman–Crippen MR) is 84.9 cm³/mol. The lowest BCUT2D eigenvalue weighted by Crippen LogP contribution is -2.37. The number of benzene rings is 1. The second-order valence-electron chi connectivity index (χ2n) is 5.65. The van der Waals surface area contributed by atoms with Gasteiger partial charge in [-0.1, -0.05) is 18.9 Å². The summed E-state index contributed by atoms with van der Waals surface area (Å²) in [5, 5.41) is 1.27. The number of hydrogen-bond acceptors (Lipinski definition) is 4. The first kappa shape index (κ1) is 15.8. The molecule has 0 aliphatic heterocycles. The van der Waals surface area contributed by atoms with Crippen LogP contribution >= 0.6 is 0 Å². The number of sulfone groups is 1. The summed E-state index contributed by atoms with van der Waals surface area (Å²) in [6.07, 6.45) is 3.17. The Labute approximate surface area is 125 Å². The van der Waals surface area contributed by atoms with Gasteiger partial charge in [-0.3, -0.25) is 4.79 Å². The largest absolute Gasteiger partial charge is 0.398 e. The monoisotopic (exact) mass is 310 g/mol. The molecule has 1 amide bonds. The molecule has 0 bridgehead atoms. The third kappa shape index (κ3) is 3.20. The first-order valence-electron chi connectivity index (χ1n) is 7.22. The van der Waals surface area contributed by atoms with Gasteiger partial charge < -0.3 is 11.1 Å². The zero-order valence-corrected chi connectivity index (χ0v) is 13.2. The summed E-state index contributed by atoms with van der Waals surface area (Å²) in [6.45, 7) is 3.26. The molecule has 1 fully saturated rings. The SMILES string of the molecule is Cc1c(N)cccc1NC(=O)C(C)S(=O)(=O)C1CCCC1. The van der Waals surface area contributed by atoms with E-state index in [-0.39, 0.29) is 5.25 Å². The molecule has 2 rings (SSSR count). The van der Waals surface area contributed by atoms with E-state index in [4.69, 9.17) is 5.73 Å². The van der Waals surface area contributed by atoms with Crippen LogP contribution in [0.15, 0.2) is 18.2 Å². The smallest absolute Gasteiger partial charge is 0.242 e. The molecule has 21 heavy (non-hydrogen) atoms. The van der Waals surface area contributed by atoms with Crippen LogP contribution < -0.4 is 11.1 Å². The van der Waals surface area contributed by atoms with Crippen LogP contribution in [0.3, 0.4) is 0 Å². The average molecular weight is 310 g/mol. The van der Waals surface area contributed by atoms with Crippen molar-refractivity contribution in [2.45, 2.75) is 50.0 Å². The van der Waals surface area contributed by atoms with E-state index in [2.05, 4.69) is 5.32 Å². The van der Waals surface area contributed by atoms with Crippen LogP contribution in [-0.2, 0) is 14.6 Å². The maximum absolute atomic E-state index is 12.4. The van der Waals surface area contributed by atoms with Gasteiger partial charge in [0.2, 0.25) is 5.91 Å².